The number of ether oxygens (including phenoxy) is 2. The molecule has 0 unspecified atom stereocenters. The van der Waals surface area contributed by atoms with Crippen molar-refractivity contribution in [2.75, 3.05) is 14.2 Å². The van der Waals surface area contributed by atoms with Crippen LogP contribution in [0, 0.1) is 18.6 Å². The van der Waals surface area contributed by atoms with Crippen LogP contribution in [-0.4, -0.2) is 20.0 Å². The Morgan fingerprint density at radius 1 is 0.952 bits per heavy atom. The molecular formula is C16H14F2O3. The van der Waals surface area contributed by atoms with Gasteiger partial charge in [0.15, 0.2) is 17.3 Å². The van der Waals surface area contributed by atoms with E-state index in [0.717, 1.165) is 12.1 Å². The number of aryl methyl sites for hydroxylation is 1. The molecule has 2 rings (SSSR count). The van der Waals surface area contributed by atoms with Crippen LogP contribution in [0.1, 0.15) is 21.5 Å². The molecule has 3 nitrogen and oxygen atoms in total. The van der Waals surface area contributed by atoms with Gasteiger partial charge in [-0.15, -0.1) is 0 Å². The summed E-state index contributed by atoms with van der Waals surface area (Å²) in [5.74, 6) is -1.47. The monoisotopic (exact) mass is 292 g/mol. The molecule has 0 spiro atoms. The number of rotatable bonds is 4. The van der Waals surface area contributed by atoms with Gasteiger partial charge in [0.05, 0.1) is 19.8 Å². The van der Waals surface area contributed by atoms with Crippen molar-refractivity contribution in [3.05, 3.63) is 58.7 Å². The predicted octanol–water partition coefficient (Wildman–Crippen LogP) is 3.52. The predicted molar refractivity (Wildman–Crippen MR) is 74.1 cm³/mol. The van der Waals surface area contributed by atoms with Gasteiger partial charge in [-0.1, -0.05) is 12.1 Å². The number of carbonyl (C=O) groups excluding carboxylic acids is 1. The first kappa shape index (κ1) is 15.0. The van der Waals surface area contributed by atoms with Gasteiger partial charge in [-0.3, -0.25) is 4.79 Å². The van der Waals surface area contributed by atoms with Crippen LogP contribution in [0.15, 0.2) is 30.3 Å². The van der Waals surface area contributed by atoms with E-state index in [4.69, 9.17) is 9.47 Å². The van der Waals surface area contributed by atoms with Crippen molar-refractivity contribution in [2.45, 2.75) is 6.92 Å². The number of hydrogen-bond donors (Lipinski definition) is 0. The Labute approximate surface area is 121 Å². The molecule has 0 aliphatic carbocycles. The lowest BCUT2D eigenvalue weighted by Gasteiger charge is -2.10. The summed E-state index contributed by atoms with van der Waals surface area (Å²) in [5.41, 5.74) is 0.291. The highest BCUT2D eigenvalue weighted by atomic mass is 19.1. The van der Waals surface area contributed by atoms with E-state index in [0.29, 0.717) is 5.56 Å². The second-order valence-corrected chi connectivity index (χ2v) is 4.48. The van der Waals surface area contributed by atoms with Crippen molar-refractivity contribution in [2.24, 2.45) is 0 Å². The zero-order chi connectivity index (χ0) is 15.6. The molecule has 0 aliphatic heterocycles. The summed E-state index contributed by atoms with van der Waals surface area (Å²) in [6.45, 7) is 1.58. The molecule has 2 aromatic rings. The Kier molecular flexibility index (Phi) is 4.21. The number of carbonyl (C=O) groups is 1. The maximum Gasteiger partial charge on any atom is 0.196 e. The molecule has 0 bridgehead atoms. The van der Waals surface area contributed by atoms with Gasteiger partial charge in [0.25, 0.3) is 0 Å². The molecule has 0 aromatic heterocycles. The molecule has 0 fully saturated rings. The van der Waals surface area contributed by atoms with E-state index >= 15 is 0 Å². The summed E-state index contributed by atoms with van der Waals surface area (Å²) in [6.07, 6.45) is 0. The highest BCUT2D eigenvalue weighted by Gasteiger charge is 2.19. The fraction of sp³-hybridized carbons (Fsp3) is 0.188. The summed E-state index contributed by atoms with van der Waals surface area (Å²) in [7, 11) is 2.75. The minimum absolute atomic E-state index is 0.0734. The third-order valence-electron chi connectivity index (χ3n) is 3.15. The summed E-state index contributed by atoms with van der Waals surface area (Å²) in [6, 6.07) is 6.33. The first-order valence-corrected chi connectivity index (χ1v) is 6.20. The average molecular weight is 292 g/mol. The molecule has 0 amide bonds. The molecule has 5 heteroatoms. The topological polar surface area (TPSA) is 35.5 Å². The zero-order valence-electron chi connectivity index (χ0n) is 11.9. The average Bonchev–Trinajstić information content (AvgIpc) is 2.49. The van der Waals surface area contributed by atoms with Crippen LogP contribution < -0.4 is 9.47 Å². The van der Waals surface area contributed by atoms with E-state index in [1.807, 2.05) is 0 Å². The van der Waals surface area contributed by atoms with Crippen LogP contribution in [0.4, 0.5) is 8.78 Å². The maximum atomic E-state index is 14.0. The Morgan fingerprint density at radius 3 is 2.14 bits per heavy atom. The minimum Gasteiger partial charge on any atom is -0.493 e. The lowest BCUT2D eigenvalue weighted by atomic mass is 10.0. The van der Waals surface area contributed by atoms with Crippen molar-refractivity contribution in [1.82, 2.24) is 0 Å². The highest BCUT2D eigenvalue weighted by molar-refractivity contribution is 6.09. The third-order valence-corrected chi connectivity index (χ3v) is 3.15. The number of ketones is 1. The van der Waals surface area contributed by atoms with Crippen LogP contribution in [0.3, 0.4) is 0 Å². The van der Waals surface area contributed by atoms with Crippen molar-refractivity contribution >= 4 is 5.78 Å². The van der Waals surface area contributed by atoms with Crippen molar-refractivity contribution in [3.8, 4) is 11.5 Å². The van der Waals surface area contributed by atoms with Crippen molar-refractivity contribution in [1.29, 1.82) is 0 Å². The van der Waals surface area contributed by atoms with Crippen molar-refractivity contribution < 1.29 is 23.0 Å². The minimum atomic E-state index is -0.751. The third kappa shape index (κ3) is 2.86. The molecule has 0 heterocycles. The Balaban J connectivity index is 2.50. The highest BCUT2D eigenvalue weighted by Crippen LogP contribution is 2.31. The molecule has 0 radical (unpaired) electrons. The van der Waals surface area contributed by atoms with Crippen LogP contribution in [-0.2, 0) is 0 Å². The van der Waals surface area contributed by atoms with Crippen molar-refractivity contribution in [3.63, 3.8) is 0 Å². The normalized spacial score (nSPS) is 10.3. The molecule has 110 valence electrons. The van der Waals surface area contributed by atoms with E-state index in [1.165, 1.54) is 32.4 Å². The molecular weight excluding hydrogens is 278 g/mol. The van der Waals surface area contributed by atoms with Crippen LogP contribution in [0.25, 0.3) is 0 Å². The number of halogens is 2. The molecule has 0 saturated carbocycles. The van der Waals surface area contributed by atoms with Crippen LogP contribution in [0.2, 0.25) is 0 Å². The Bertz CT molecular complexity index is 696. The number of hydrogen-bond acceptors (Lipinski definition) is 3. The first-order valence-electron chi connectivity index (χ1n) is 6.20. The van der Waals surface area contributed by atoms with Crippen LogP contribution >= 0.6 is 0 Å². The molecule has 2 aromatic carbocycles. The standard InChI is InChI=1S/C16H14F2O3/c1-9-4-5-10(6-12(9)17)16(19)11-7-14(20-2)15(21-3)8-13(11)18/h4-8H,1-3H3. The van der Waals surface area contributed by atoms with Gasteiger partial charge < -0.3 is 9.47 Å². The molecule has 21 heavy (non-hydrogen) atoms. The first-order chi connectivity index (χ1) is 9.97. The van der Waals surface area contributed by atoms with E-state index in [2.05, 4.69) is 0 Å². The summed E-state index contributed by atoms with van der Waals surface area (Å²) < 4.78 is 37.5. The fourth-order valence-corrected chi connectivity index (χ4v) is 1.92. The van der Waals surface area contributed by atoms with Gasteiger partial charge in [0.1, 0.15) is 11.6 Å². The maximum absolute atomic E-state index is 14.0. The van der Waals surface area contributed by atoms with Gasteiger partial charge in [0.2, 0.25) is 0 Å². The zero-order valence-corrected chi connectivity index (χ0v) is 11.9. The second kappa shape index (κ2) is 5.91. The lowest BCUT2D eigenvalue weighted by molar-refractivity contribution is 0.103. The van der Waals surface area contributed by atoms with Gasteiger partial charge in [-0.2, -0.15) is 0 Å². The van der Waals surface area contributed by atoms with Gasteiger partial charge in [-0.25, -0.2) is 8.78 Å². The van der Waals surface area contributed by atoms with E-state index in [1.54, 1.807) is 6.92 Å². The number of benzene rings is 2. The molecule has 0 N–H and O–H groups in total. The molecule has 0 atom stereocenters. The second-order valence-electron chi connectivity index (χ2n) is 4.48. The quantitative estimate of drug-likeness (QED) is 0.809. The van der Waals surface area contributed by atoms with E-state index in [-0.39, 0.29) is 22.6 Å². The smallest absolute Gasteiger partial charge is 0.196 e. The summed E-state index contributed by atoms with van der Waals surface area (Å²) in [4.78, 5) is 12.3. The Hall–Kier alpha value is -2.43. The van der Waals surface area contributed by atoms with Gasteiger partial charge >= 0.3 is 0 Å². The lowest BCUT2D eigenvalue weighted by Crippen LogP contribution is -2.06. The largest absolute Gasteiger partial charge is 0.493 e. The molecule has 0 saturated heterocycles. The van der Waals surface area contributed by atoms with Crippen LogP contribution in [0.5, 0.6) is 11.5 Å². The summed E-state index contributed by atoms with van der Waals surface area (Å²) in [5, 5.41) is 0. The fourth-order valence-electron chi connectivity index (χ4n) is 1.92. The molecule has 0 aliphatic rings. The summed E-state index contributed by atoms with van der Waals surface area (Å²) >= 11 is 0. The van der Waals surface area contributed by atoms with E-state index < -0.39 is 17.4 Å². The van der Waals surface area contributed by atoms with Gasteiger partial charge in [0, 0.05) is 11.6 Å². The SMILES string of the molecule is COc1cc(F)c(C(=O)c2ccc(C)c(F)c2)cc1OC. The number of methoxy groups -OCH3 is 2. The van der Waals surface area contributed by atoms with E-state index in [9.17, 15) is 13.6 Å². The Morgan fingerprint density at radius 2 is 1.57 bits per heavy atom. The van der Waals surface area contributed by atoms with Gasteiger partial charge in [-0.05, 0) is 24.6 Å².